The molecule has 0 bridgehead atoms. The van der Waals surface area contributed by atoms with E-state index in [4.69, 9.17) is 11.6 Å². The number of hydrogen-bond donors (Lipinski definition) is 2. The zero-order valence-corrected chi connectivity index (χ0v) is 22.2. The van der Waals surface area contributed by atoms with Gasteiger partial charge in [-0.05, 0) is 68.9 Å². The Morgan fingerprint density at radius 2 is 1.71 bits per heavy atom. The third-order valence-electron chi connectivity index (χ3n) is 6.65. The molecule has 0 spiro atoms. The summed E-state index contributed by atoms with van der Waals surface area (Å²) in [5.74, 6) is -0.146. The summed E-state index contributed by atoms with van der Waals surface area (Å²) in [6, 6.07) is 19.4. The van der Waals surface area contributed by atoms with Crippen molar-refractivity contribution in [1.29, 1.82) is 0 Å². The molecule has 2 amide bonds. The van der Waals surface area contributed by atoms with Gasteiger partial charge < -0.3 is 15.5 Å². The molecule has 3 aromatic rings. The number of rotatable bonds is 8. The summed E-state index contributed by atoms with van der Waals surface area (Å²) in [5.41, 5.74) is 2.99. The Bertz CT molecular complexity index is 1320. The van der Waals surface area contributed by atoms with Gasteiger partial charge in [-0.15, -0.1) is 0 Å². The van der Waals surface area contributed by atoms with Gasteiger partial charge in [0.25, 0.3) is 17.5 Å². The molecule has 0 unspecified atom stereocenters. The first-order chi connectivity index (χ1) is 18.2. The quantitative estimate of drug-likeness (QED) is 0.268. The molecule has 0 saturated carbocycles. The van der Waals surface area contributed by atoms with Gasteiger partial charge in [0.15, 0.2) is 0 Å². The number of nitro groups is 1. The molecule has 38 heavy (non-hydrogen) atoms. The van der Waals surface area contributed by atoms with Crippen molar-refractivity contribution in [3.63, 3.8) is 0 Å². The monoisotopic (exact) mass is 534 g/mol. The molecule has 1 aliphatic heterocycles. The Labute approximate surface area is 227 Å². The molecule has 0 radical (unpaired) electrons. The molecule has 2 N–H and O–H groups in total. The summed E-state index contributed by atoms with van der Waals surface area (Å²) in [6.07, 6.45) is 3.10. The predicted molar refractivity (Wildman–Crippen MR) is 150 cm³/mol. The van der Waals surface area contributed by atoms with Crippen molar-refractivity contribution >= 4 is 40.5 Å². The third kappa shape index (κ3) is 6.69. The molecule has 8 nitrogen and oxygen atoms in total. The van der Waals surface area contributed by atoms with Crippen LogP contribution in [0, 0.1) is 16.0 Å². The van der Waals surface area contributed by atoms with E-state index < -0.39 is 10.8 Å². The van der Waals surface area contributed by atoms with Crippen molar-refractivity contribution in [1.82, 2.24) is 5.32 Å². The summed E-state index contributed by atoms with van der Waals surface area (Å²) in [6.45, 7) is 5.47. The number of anilines is 2. The number of nitrogens with one attached hydrogen (secondary N) is 2. The molecule has 1 saturated heterocycles. The molecule has 0 aliphatic carbocycles. The van der Waals surface area contributed by atoms with Crippen LogP contribution >= 0.6 is 11.6 Å². The molecule has 3 aromatic carbocycles. The SMILES string of the molecule is CC(C)NC(=O)c1cc(NC(=O)c2ccc([N+](=O)[O-])cc2Cl)ccc1N1CCC(Cc2ccccc2)CC1. The Balaban J connectivity index is 1.51. The summed E-state index contributed by atoms with van der Waals surface area (Å²) in [4.78, 5) is 38.7. The van der Waals surface area contributed by atoms with Gasteiger partial charge >= 0.3 is 0 Å². The second kappa shape index (κ2) is 12.1. The van der Waals surface area contributed by atoms with Crippen molar-refractivity contribution in [3.8, 4) is 0 Å². The number of halogens is 1. The molecule has 1 heterocycles. The van der Waals surface area contributed by atoms with E-state index in [0.717, 1.165) is 44.1 Å². The maximum atomic E-state index is 13.2. The van der Waals surface area contributed by atoms with Crippen LogP contribution in [-0.2, 0) is 6.42 Å². The number of hydrogen-bond acceptors (Lipinski definition) is 5. The highest BCUT2D eigenvalue weighted by atomic mass is 35.5. The van der Waals surface area contributed by atoms with Gasteiger partial charge in [-0.1, -0.05) is 41.9 Å². The number of amides is 2. The largest absolute Gasteiger partial charge is 0.371 e. The number of benzene rings is 3. The fourth-order valence-corrected chi connectivity index (χ4v) is 5.00. The molecular weight excluding hydrogens is 504 g/mol. The van der Waals surface area contributed by atoms with E-state index in [0.29, 0.717) is 17.2 Å². The normalized spacial score (nSPS) is 13.8. The van der Waals surface area contributed by atoms with E-state index in [2.05, 4.69) is 39.8 Å². The Hall–Kier alpha value is -3.91. The van der Waals surface area contributed by atoms with E-state index in [1.807, 2.05) is 26.0 Å². The lowest BCUT2D eigenvalue weighted by molar-refractivity contribution is -0.384. The fourth-order valence-electron chi connectivity index (χ4n) is 4.74. The Morgan fingerprint density at radius 3 is 2.34 bits per heavy atom. The van der Waals surface area contributed by atoms with Gasteiger partial charge in [0.2, 0.25) is 0 Å². The van der Waals surface area contributed by atoms with E-state index in [-0.39, 0.29) is 28.2 Å². The first kappa shape index (κ1) is 27.1. The predicted octanol–water partition coefficient (Wildman–Crippen LogP) is 6.10. The van der Waals surface area contributed by atoms with Crippen molar-refractivity contribution < 1.29 is 14.5 Å². The average Bonchev–Trinajstić information content (AvgIpc) is 2.89. The van der Waals surface area contributed by atoms with Crippen LogP contribution in [0.5, 0.6) is 0 Å². The number of nitro benzene ring substituents is 1. The molecule has 1 aliphatic rings. The first-order valence-electron chi connectivity index (χ1n) is 12.7. The van der Waals surface area contributed by atoms with Gasteiger partial charge in [-0.2, -0.15) is 0 Å². The molecule has 0 atom stereocenters. The van der Waals surface area contributed by atoms with E-state index >= 15 is 0 Å². The lowest BCUT2D eigenvalue weighted by atomic mass is 9.89. The maximum Gasteiger partial charge on any atom is 0.270 e. The summed E-state index contributed by atoms with van der Waals surface area (Å²) < 4.78 is 0. The molecule has 198 valence electrons. The third-order valence-corrected chi connectivity index (χ3v) is 6.96. The van der Waals surface area contributed by atoms with Crippen LogP contribution in [0.3, 0.4) is 0 Å². The van der Waals surface area contributed by atoms with Crippen molar-refractivity contribution in [3.05, 3.63) is 98.6 Å². The number of piperidine rings is 1. The van der Waals surface area contributed by atoms with Gasteiger partial charge in [0.1, 0.15) is 0 Å². The van der Waals surface area contributed by atoms with Gasteiger partial charge in [0, 0.05) is 42.6 Å². The minimum Gasteiger partial charge on any atom is -0.371 e. The number of carbonyl (C=O) groups is 2. The number of non-ortho nitro benzene ring substituents is 1. The lowest BCUT2D eigenvalue weighted by Gasteiger charge is -2.35. The van der Waals surface area contributed by atoms with Crippen LogP contribution in [-0.4, -0.2) is 35.9 Å². The smallest absolute Gasteiger partial charge is 0.270 e. The Kier molecular flexibility index (Phi) is 8.63. The van der Waals surface area contributed by atoms with E-state index in [1.54, 1.807) is 12.1 Å². The van der Waals surface area contributed by atoms with Crippen LogP contribution in [0.25, 0.3) is 0 Å². The Morgan fingerprint density at radius 1 is 1.00 bits per heavy atom. The highest BCUT2D eigenvalue weighted by Gasteiger charge is 2.24. The van der Waals surface area contributed by atoms with Crippen LogP contribution in [0.1, 0.15) is 53.0 Å². The second-order valence-corrected chi connectivity index (χ2v) is 10.3. The zero-order chi connectivity index (χ0) is 27.2. The molecular formula is C29H31ClN4O4. The standard InChI is InChI=1S/C29H31ClN4O4/c1-19(2)31-29(36)25-17-22(32-28(35)24-10-9-23(34(37)38)18-26(24)30)8-11-27(25)33-14-12-21(13-15-33)16-20-6-4-3-5-7-20/h3-11,17-19,21H,12-16H2,1-2H3,(H,31,36)(H,32,35). The van der Waals surface area contributed by atoms with Gasteiger partial charge in [-0.25, -0.2) is 0 Å². The molecule has 0 aromatic heterocycles. The molecule has 9 heteroatoms. The van der Waals surface area contributed by atoms with Crippen LogP contribution < -0.4 is 15.5 Å². The summed E-state index contributed by atoms with van der Waals surface area (Å²) in [7, 11) is 0. The van der Waals surface area contributed by atoms with Gasteiger partial charge in [0.05, 0.1) is 21.1 Å². The van der Waals surface area contributed by atoms with Crippen LogP contribution in [0.15, 0.2) is 66.7 Å². The number of nitrogens with zero attached hydrogens (tertiary/aromatic N) is 2. The maximum absolute atomic E-state index is 13.2. The minimum absolute atomic E-state index is 0.0236. The highest BCUT2D eigenvalue weighted by molar-refractivity contribution is 6.34. The van der Waals surface area contributed by atoms with Crippen LogP contribution in [0.4, 0.5) is 17.1 Å². The van der Waals surface area contributed by atoms with Crippen molar-refractivity contribution in [2.24, 2.45) is 5.92 Å². The number of carbonyl (C=O) groups excluding carboxylic acids is 2. The first-order valence-corrected chi connectivity index (χ1v) is 13.1. The minimum atomic E-state index is -0.573. The summed E-state index contributed by atoms with van der Waals surface area (Å²) in [5, 5.41) is 16.7. The van der Waals surface area contributed by atoms with Gasteiger partial charge in [-0.3, -0.25) is 19.7 Å². The topological polar surface area (TPSA) is 105 Å². The zero-order valence-electron chi connectivity index (χ0n) is 21.4. The molecule has 1 fully saturated rings. The second-order valence-electron chi connectivity index (χ2n) is 9.86. The van der Waals surface area contributed by atoms with E-state index in [9.17, 15) is 19.7 Å². The summed E-state index contributed by atoms with van der Waals surface area (Å²) >= 11 is 6.13. The highest BCUT2D eigenvalue weighted by Crippen LogP contribution is 2.31. The van der Waals surface area contributed by atoms with Crippen molar-refractivity contribution in [2.45, 2.75) is 39.2 Å². The average molecular weight is 535 g/mol. The molecule has 4 rings (SSSR count). The van der Waals surface area contributed by atoms with Crippen LogP contribution in [0.2, 0.25) is 5.02 Å². The lowest BCUT2D eigenvalue weighted by Crippen LogP contribution is -2.37. The van der Waals surface area contributed by atoms with Crippen molar-refractivity contribution in [2.75, 3.05) is 23.3 Å². The fraction of sp³-hybridized carbons (Fsp3) is 0.310. The van der Waals surface area contributed by atoms with E-state index in [1.165, 1.54) is 17.7 Å².